The van der Waals surface area contributed by atoms with Crippen LogP contribution in [0.2, 0.25) is 0 Å². The van der Waals surface area contributed by atoms with Gasteiger partial charge in [-0.2, -0.15) is 0 Å². The quantitative estimate of drug-likeness (QED) is 0.503. The van der Waals surface area contributed by atoms with Crippen LogP contribution in [0.15, 0.2) is 66.1 Å². The zero-order chi connectivity index (χ0) is 22.2. The Labute approximate surface area is 186 Å². The van der Waals surface area contributed by atoms with Gasteiger partial charge in [-0.15, -0.1) is 0 Å². The summed E-state index contributed by atoms with van der Waals surface area (Å²) in [6.45, 7) is 1.28. The summed E-state index contributed by atoms with van der Waals surface area (Å²) in [7, 11) is 5.93. The first-order valence-corrected chi connectivity index (χ1v) is 10.9. The van der Waals surface area contributed by atoms with E-state index in [1.165, 1.54) is 17.3 Å². The third-order valence-electron chi connectivity index (χ3n) is 4.58. The molecule has 3 rings (SSSR count). The van der Waals surface area contributed by atoms with Crippen molar-refractivity contribution in [2.75, 3.05) is 25.2 Å². The third kappa shape index (κ3) is 6.70. The van der Waals surface area contributed by atoms with Crippen molar-refractivity contribution >= 4 is 29.3 Å². The van der Waals surface area contributed by atoms with E-state index in [4.69, 9.17) is 0 Å². The van der Waals surface area contributed by atoms with E-state index in [2.05, 4.69) is 26.6 Å². The van der Waals surface area contributed by atoms with Crippen molar-refractivity contribution in [3.8, 4) is 0 Å². The lowest BCUT2D eigenvalue weighted by atomic mass is 10.1. The van der Waals surface area contributed by atoms with E-state index in [-0.39, 0.29) is 17.6 Å². The van der Waals surface area contributed by atoms with Crippen molar-refractivity contribution in [2.24, 2.45) is 7.05 Å². The van der Waals surface area contributed by atoms with E-state index in [0.29, 0.717) is 17.8 Å². The monoisotopic (exact) mass is 437 g/mol. The van der Waals surface area contributed by atoms with Gasteiger partial charge in [0.1, 0.15) is 0 Å². The van der Waals surface area contributed by atoms with Gasteiger partial charge in [-0.25, -0.2) is 4.98 Å². The van der Waals surface area contributed by atoms with Crippen LogP contribution in [-0.4, -0.2) is 46.1 Å². The molecule has 0 bridgehead atoms. The number of anilines is 1. The number of aryl methyl sites for hydroxylation is 1. The van der Waals surface area contributed by atoms with Crippen molar-refractivity contribution in [1.29, 1.82) is 0 Å². The van der Waals surface area contributed by atoms with Gasteiger partial charge in [-0.1, -0.05) is 36.0 Å². The normalized spacial score (nSPS) is 10.8. The summed E-state index contributed by atoms with van der Waals surface area (Å²) in [6, 6.07) is 15.0. The third-order valence-corrected chi connectivity index (χ3v) is 5.64. The van der Waals surface area contributed by atoms with Gasteiger partial charge in [0.25, 0.3) is 5.91 Å². The van der Waals surface area contributed by atoms with Crippen LogP contribution >= 0.6 is 11.8 Å². The Morgan fingerprint density at radius 2 is 1.77 bits per heavy atom. The first-order valence-electron chi connectivity index (χ1n) is 9.92. The lowest BCUT2D eigenvalue weighted by Gasteiger charge is -2.14. The molecular weight excluding hydrogens is 410 g/mol. The zero-order valence-electron chi connectivity index (χ0n) is 18.0. The minimum Gasteiger partial charge on any atom is -0.348 e. The molecule has 2 amide bonds. The van der Waals surface area contributed by atoms with E-state index in [1.807, 2.05) is 50.1 Å². The standard InChI is InChI=1S/C23H27N5O2S/c1-27(2)15-19-7-5-4-6-18(19)14-25-22(30)17-8-10-20(11-9-17)26-21(29)16-31-23-24-12-13-28(23)3/h4-13H,14-16H2,1-3H3,(H,25,30)(H,26,29). The first kappa shape index (κ1) is 22.6. The number of hydrogen-bond acceptors (Lipinski definition) is 5. The second-order valence-corrected chi connectivity index (χ2v) is 8.37. The number of carbonyl (C=O) groups excluding carboxylic acids is 2. The van der Waals surface area contributed by atoms with Crippen LogP contribution in [0, 0.1) is 0 Å². The summed E-state index contributed by atoms with van der Waals surface area (Å²) in [6.07, 6.45) is 3.54. The minimum atomic E-state index is -0.150. The molecule has 7 nitrogen and oxygen atoms in total. The zero-order valence-corrected chi connectivity index (χ0v) is 18.8. The van der Waals surface area contributed by atoms with Crippen LogP contribution in [0.1, 0.15) is 21.5 Å². The maximum Gasteiger partial charge on any atom is 0.251 e. The molecular formula is C23H27N5O2S. The highest BCUT2D eigenvalue weighted by Crippen LogP contribution is 2.16. The molecule has 0 fully saturated rings. The largest absolute Gasteiger partial charge is 0.348 e. The Hall–Kier alpha value is -3.10. The van der Waals surface area contributed by atoms with Gasteiger partial charge in [0, 0.05) is 43.8 Å². The van der Waals surface area contributed by atoms with E-state index in [1.54, 1.807) is 30.5 Å². The molecule has 0 atom stereocenters. The number of amides is 2. The predicted molar refractivity (Wildman–Crippen MR) is 124 cm³/mol. The fourth-order valence-corrected chi connectivity index (χ4v) is 3.76. The summed E-state index contributed by atoms with van der Waals surface area (Å²) in [4.78, 5) is 31.0. The lowest BCUT2D eigenvalue weighted by Crippen LogP contribution is -2.24. The average molecular weight is 438 g/mol. The topological polar surface area (TPSA) is 79.3 Å². The second kappa shape index (κ2) is 10.8. The van der Waals surface area contributed by atoms with Crippen molar-refractivity contribution in [3.05, 3.63) is 77.6 Å². The molecule has 3 aromatic rings. The summed E-state index contributed by atoms with van der Waals surface area (Å²) in [5.74, 6) is -0.00928. The SMILES string of the molecule is CN(C)Cc1ccccc1CNC(=O)c1ccc(NC(=O)CSc2nccn2C)cc1. The fourth-order valence-electron chi connectivity index (χ4n) is 3.03. The number of nitrogens with one attached hydrogen (secondary N) is 2. The van der Waals surface area contributed by atoms with Crippen molar-refractivity contribution < 1.29 is 9.59 Å². The second-order valence-electron chi connectivity index (χ2n) is 7.42. The Kier molecular flexibility index (Phi) is 7.86. The minimum absolute atomic E-state index is 0.122. The molecule has 0 saturated heterocycles. The number of carbonyl (C=O) groups is 2. The van der Waals surface area contributed by atoms with Gasteiger partial charge in [0.2, 0.25) is 5.91 Å². The van der Waals surface area contributed by atoms with Crippen LogP contribution in [0.4, 0.5) is 5.69 Å². The van der Waals surface area contributed by atoms with E-state index in [9.17, 15) is 9.59 Å². The number of aromatic nitrogens is 2. The maximum absolute atomic E-state index is 12.5. The summed E-state index contributed by atoms with van der Waals surface area (Å²) in [5.41, 5.74) is 3.48. The summed E-state index contributed by atoms with van der Waals surface area (Å²) >= 11 is 1.37. The molecule has 31 heavy (non-hydrogen) atoms. The number of imidazole rings is 1. The Balaban J connectivity index is 1.51. The smallest absolute Gasteiger partial charge is 0.251 e. The molecule has 2 N–H and O–H groups in total. The molecule has 162 valence electrons. The molecule has 0 aliphatic heterocycles. The van der Waals surface area contributed by atoms with Crippen molar-refractivity contribution in [2.45, 2.75) is 18.2 Å². The molecule has 0 unspecified atom stereocenters. The number of rotatable bonds is 9. The highest BCUT2D eigenvalue weighted by atomic mass is 32.2. The molecule has 1 aromatic heterocycles. The van der Waals surface area contributed by atoms with Crippen molar-refractivity contribution in [3.63, 3.8) is 0 Å². The molecule has 0 aliphatic carbocycles. The van der Waals surface area contributed by atoms with Gasteiger partial charge < -0.3 is 20.1 Å². The molecule has 0 spiro atoms. The number of nitrogens with zero attached hydrogens (tertiary/aromatic N) is 3. The molecule has 1 heterocycles. The van der Waals surface area contributed by atoms with E-state index in [0.717, 1.165) is 17.3 Å². The van der Waals surface area contributed by atoms with Gasteiger partial charge in [0.15, 0.2) is 5.16 Å². The molecule has 0 aliphatic rings. The maximum atomic E-state index is 12.5. The van der Waals surface area contributed by atoms with Gasteiger partial charge >= 0.3 is 0 Å². The molecule has 0 saturated carbocycles. The fraction of sp³-hybridized carbons (Fsp3) is 0.261. The van der Waals surface area contributed by atoms with Crippen LogP contribution in [0.3, 0.4) is 0 Å². The Bertz CT molecular complexity index is 1030. The van der Waals surface area contributed by atoms with Crippen LogP contribution in [0.5, 0.6) is 0 Å². The van der Waals surface area contributed by atoms with Crippen LogP contribution in [0.25, 0.3) is 0 Å². The lowest BCUT2D eigenvalue weighted by molar-refractivity contribution is -0.113. The summed E-state index contributed by atoms with van der Waals surface area (Å²) < 4.78 is 1.87. The number of hydrogen-bond donors (Lipinski definition) is 2. The van der Waals surface area contributed by atoms with Gasteiger partial charge in [-0.3, -0.25) is 9.59 Å². The molecule has 8 heteroatoms. The van der Waals surface area contributed by atoms with Gasteiger partial charge in [-0.05, 0) is 49.5 Å². The predicted octanol–water partition coefficient (Wildman–Crippen LogP) is 3.14. The highest BCUT2D eigenvalue weighted by molar-refractivity contribution is 7.99. The Morgan fingerprint density at radius 1 is 1.06 bits per heavy atom. The van der Waals surface area contributed by atoms with E-state index >= 15 is 0 Å². The highest BCUT2D eigenvalue weighted by Gasteiger charge is 2.10. The number of thioether (sulfide) groups is 1. The van der Waals surface area contributed by atoms with Crippen LogP contribution < -0.4 is 10.6 Å². The molecule has 0 radical (unpaired) electrons. The van der Waals surface area contributed by atoms with Crippen molar-refractivity contribution in [1.82, 2.24) is 19.8 Å². The first-order chi connectivity index (χ1) is 14.9. The van der Waals surface area contributed by atoms with E-state index < -0.39 is 0 Å². The van der Waals surface area contributed by atoms with Crippen LogP contribution in [-0.2, 0) is 24.9 Å². The summed E-state index contributed by atoms with van der Waals surface area (Å²) in [5, 5.41) is 6.60. The Morgan fingerprint density at radius 3 is 2.42 bits per heavy atom. The number of benzene rings is 2. The van der Waals surface area contributed by atoms with Gasteiger partial charge in [0.05, 0.1) is 5.75 Å². The average Bonchev–Trinajstić information content (AvgIpc) is 3.16. The molecule has 2 aromatic carbocycles.